The van der Waals surface area contributed by atoms with Gasteiger partial charge >= 0.3 is 5.97 Å². The number of non-ortho nitro benzene ring substituents is 1. The van der Waals surface area contributed by atoms with Crippen LogP contribution in [0.1, 0.15) is 15.9 Å². The number of nitrogens with zero attached hydrogens (tertiary/aromatic N) is 2. The van der Waals surface area contributed by atoms with E-state index >= 15 is 0 Å². The molecule has 0 saturated carbocycles. The zero-order valence-electron chi connectivity index (χ0n) is 15.8. The number of nitro groups is 1. The highest BCUT2D eigenvalue weighted by atomic mass is 35.5. The Morgan fingerprint density at radius 1 is 1.27 bits per heavy atom. The summed E-state index contributed by atoms with van der Waals surface area (Å²) in [5, 5.41) is 22.3. The fourth-order valence-corrected chi connectivity index (χ4v) is 2.51. The summed E-state index contributed by atoms with van der Waals surface area (Å²) in [6.45, 7) is 0.595. The number of nitro benzene ring substituents is 1. The van der Waals surface area contributed by atoms with Crippen LogP contribution < -0.4 is 10.1 Å². The molecule has 0 radical (unpaired) electrons. The minimum atomic E-state index is -0.784. The van der Waals surface area contributed by atoms with Crippen LogP contribution in [0, 0.1) is 21.4 Å². The fraction of sp³-hybridized carbons (Fsp3) is 0.150. The van der Waals surface area contributed by atoms with E-state index in [4.69, 9.17) is 26.3 Å². The third-order valence-electron chi connectivity index (χ3n) is 3.74. The van der Waals surface area contributed by atoms with Crippen LogP contribution >= 0.6 is 11.6 Å². The number of halogens is 1. The van der Waals surface area contributed by atoms with Crippen LogP contribution in [-0.2, 0) is 9.53 Å². The fourth-order valence-electron chi connectivity index (χ4n) is 2.25. The number of rotatable bonds is 8. The first-order valence-corrected chi connectivity index (χ1v) is 8.88. The molecule has 0 aliphatic rings. The molecule has 154 valence electrons. The van der Waals surface area contributed by atoms with Crippen molar-refractivity contribution in [3.63, 3.8) is 0 Å². The molecule has 0 saturated heterocycles. The van der Waals surface area contributed by atoms with Gasteiger partial charge in [0.2, 0.25) is 0 Å². The molecule has 0 spiro atoms. The molecule has 0 aliphatic heterocycles. The van der Waals surface area contributed by atoms with Crippen molar-refractivity contribution in [2.24, 2.45) is 0 Å². The SMILES string of the molecule is COCCNC(=O)/C(C#N)=C/c1ccc(OC(=O)c2ccc([N+](=O)[O-])cc2Cl)cc1. The number of ether oxygens (including phenoxy) is 2. The molecule has 0 bridgehead atoms. The predicted molar refractivity (Wildman–Crippen MR) is 108 cm³/mol. The standard InChI is InChI=1S/C20H16ClN3O6/c1-29-9-8-23-19(25)14(12-22)10-13-2-5-16(6-3-13)30-20(26)17-7-4-15(24(27)28)11-18(17)21/h2-7,10-11H,8-9H2,1H3,(H,23,25)/b14-10+. The molecule has 0 atom stereocenters. The molecule has 2 rings (SSSR count). The molecule has 10 heteroatoms. The highest BCUT2D eigenvalue weighted by Crippen LogP contribution is 2.24. The number of carbonyl (C=O) groups excluding carboxylic acids is 2. The maximum atomic E-state index is 12.2. The number of hydrogen-bond acceptors (Lipinski definition) is 7. The second kappa shape index (κ2) is 10.7. The summed E-state index contributed by atoms with van der Waals surface area (Å²) in [4.78, 5) is 34.3. The van der Waals surface area contributed by atoms with Gasteiger partial charge in [0.05, 0.1) is 22.1 Å². The number of benzene rings is 2. The normalized spacial score (nSPS) is 10.8. The van der Waals surface area contributed by atoms with Gasteiger partial charge in [0.25, 0.3) is 11.6 Å². The van der Waals surface area contributed by atoms with Crippen LogP contribution in [0.3, 0.4) is 0 Å². The Morgan fingerprint density at radius 3 is 2.53 bits per heavy atom. The van der Waals surface area contributed by atoms with E-state index in [9.17, 15) is 19.7 Å². The van der Waals surface area contributed by atoms with Gasteiger partial charge in [0, 0.05) is 25.8 Å². The van der Waals surface area contributed by atoms with Gasteiger partial charge in [-0.15, -0.1) is 0 Å². The maximum absolute atomic E-state index is 12.2. The Hall–Kier alpha value is -3.74. The minimum absolute atomic E-state index is 0.0225. The van der Waals surface area contributed by atoms with Crippen molar-refractivity contribution < 1.29 is 24.0 Å². The first-order valence-electron chi connectivity index (χ1n) is 8.51. The summed E-state index contributed by atoms with van der Waals surface area (Å²) in [6, 6.07) is 11.3. The molecular weight excluding hydrogens is 414 g/mol. The summed E-state index contributed by atoms with van der Waals surface area (Å²) in [5.41, 5.74) is 0.188. The zero-order valence-corrected chi connectivity index (χ0v) is 16.5. The number of nitrogens with one attached hydrogen (secondary N) is 1. The number of hydrogen-bond donors (Lipinski definition) is 1. The van der Waals surface area contributed by atoms with Crippen LogP contribution in [-0.4, -0.2) is 37.1 Å². The van der Waals surface area contributed by atoms with Crippen molar-refractivity contribution in [3.05, 3.63) is 74.3 Å². The van der Waals surface area contributed by atoms with E-state index in [-0.39, 0.29) is 34.1 Å². The third kappa shape index (κ3) is 6.13. The average molecular weight is 430 g/mol. The molecule has 0 aromatic heterocycles. The largest absolute Gasteiger partial charge is 0.423 e. The van der Waals surface area contributed by atoms with E-state index < -0.39 is 16.8 Å². The third-order valence-corrected chi connectivity index (χ3v) is 4.05. The van der Waals surface area contributed by atoms with Gasteiger partial charge in [-0.25, -0.2) is 4.79 Å². The molecule has 9 nitrogen and oxygen atoms in total. The van der Waals surface area contributed by atoms with Gasteiger partial charge in [-0.3, -0.25) is 14.9 Å². The molecule has 2 aromatic rings. The lowest BCUT2D eigenvalue weighted by molar-refractivity contribution is -0.384. The molecule has 2 aromatic carbocycles. The molecule has 1 amide bonds. The first-order chi connectivity index (χ1) is 14.3. The first kappa shape index (κ1) is 22.5. The molecule has 1 N–H and O–H groups in total. The van der Waals surface area contributed by atoms with Crippen LogP contribution in [0.2, 0.25) is 5.02 Å². The van der Waals surface area contributed by atoms with Gasteiger partial charge in [0.1, 0.15) is 17.4 Å². The predicted octanol–water partition coefficient (Wildman–Crippen LogP) is 3.14. The second-order valence-electron chi connectivity index (χ2n) is 5.80. The Bertz CT molecular complexity index is 1030. The van der Waals surface area contributed by atoms with Gasteiger partial charge in [0.15, 0.2) is 0 Å². The molecular formula is C20H16ClN3O6. The summed E-state index contributed by atoms with van der Waals surface area (Å²) in [7, 11) is 1.50. The molecule has 0 fully saturated rings. The lowest BCUT2D eigenvalue weighted by Gasteiger charge is -2.06. The second-order valence-corrected chi connectivity index (χ2v) is 6.21. The van der Waals surface area contributed by atoms with E-state index in [1.807, 2.05) is 6.07 Å². The number of amides is 1. The van der Waals surface area contributed by atoms with Crippen molar-refractivity contribution in [2.45, 2.75) is 0 Å². The van der Waals surface area contributed by atoms with Gasteiger partial charge < -0.3 is 14.8 Å². The average Bonchev–Trinajstić information content (AvgIpc) is 2.73. The van der Waals surface area contributed by atoms with Gasteiger partial charge in [-0.1, -0.05) is 23.7 Å². The highest BCUT2D eigenvalue weighted by molar-refractivity contribution is 6.33. The van der Waals surface area contributed by atoms with E-state index in [2.05, 4.69) is 5.32 Å². The molecule has 30 heavy (non-hydrogen) atoms. The summed E-state index contributed by atoms with van der Waals surface area (Å²) < 4.78 is 10.0. The van der Waals surface area contributed by atoms with E-state index in [1.54, 1.807) is 12.1 Å². The molecule has 0 heterocycles. The van der Waals surface area contributed by atoms with Gasteiger partial charge in [-0.2, -0.15) is 5.26 Å². The molecule has 0 aliphatic carbocycles. The van der Waals surface area contributed by atoms with Crippen LogP contribution in [0.25, 0.3) is 6.08 Å². The Balaban J connectivity index is 2.08. The van der Waals surface area contributed by atoms with E-state index in [0.29, 0.717) is 12.2 Å². The summed E-state index contributed by atoms with van der Waals surface area (Å²) in [6.07, 6.45) is 1.39. The van der Waals surface area contributed by atoms with Crippen molar-refractivity contribution in [1.29, 1.82) is 5.26 Å². The maximum Gasteiger partial charge on any atom is 0.345 e. The van der Waals surface area contributed by atoms with Crippen molar-refractivity contribution in [1.82, 2.24) is 5.32 Å². The van der Waals surface area contributed by atoms with Crippen molar-refractivity contribution >= 4 is 35.2 Å². The van der Waals surface area contributed by atoms with Gasteiger partial charge in [-0.05, 0) is 29.8 Å². The molecule has 0 unspecified atom stereocenters. The van der Waals surface area contributed by atoms with Crippen molar-refractivity contribution in [2.75, 3.05) is 20.3 Å². The number of nitriles is 1. The van der Waals surface area contributed by atoms with E-state index in [0.717, 1.165) is 12.1 Å². The summed E-state index contributed by atoms with van der Waals surface area (Å²) in [5.74, 6) is -1.12. The zero-order chi connectivity index (χ0) is 22.1. The van der Waals surface area contributed by atoms with Crippen molar-refractivity contribution in [3.8, 4) is 11.8 Å². The number of carbonyl (C=O) groups is 2. The lowest BCUT2D eigenvalue weighted by Crippen LogP contribution is -2.27. The quantitative estimate of drug-likeness (QED) is 0.130. The smallest absolute Gasteiger partial charge is 0.345 e. The Morgan fingerprint density at radius 2 is 1.97 bits per heavy atom. The van der Waals surface area contributed by atoms with Crippen LogP contribution in [0.5, 0.6) is 5.75 Å². The van der Waals surface area contributed by atoms with E-state index in [1.165, 1.54) is 31.4 Å². The summed E-state index contributed by atoms with van der Waals surface area (Å²) >= 11 is 5.92. The van der Waals surface area contributed by atoms with Crippen LogP contribution in [0.15, 0.2) is 48.0 Å². The lowest BCUT2D eigenvalue weighted by atomic mass is 10.1. The highest BCUT2D eigenvalue weighted by Gasteiger charge is 2.17. The topological polar surface area (TPSA) is 132 Å². The minimum Gasteiger partial charge on any atom is -0.423 e. The number of methoxy groups -OCH3 is 1. The Labute approximate surface area is 176 Å². The monoisotopic (exact) mass is 429 g/mol. The Kier molecular flexibility index (Phi) is 8.05. The van der Waals surface area contributed by atoms with Crippen LogP contribution in [0.4, 0.5) is 5.69 Å². The number of esters is 1.